The number of carbonyl (C=O) groups excluding carboxylic acids is 2. The van der Waals surface area contributed by atoms with Crippen molar-refractivity contribution < 1.29 is 32.3 Å². The molecule has 0 aromatic heterocycles. The van der Waals surface area contributed by atoms with Gasteiger partial charge in [-0.3, -0.25) is 14.4 Å². The van der Waals surface area contributed by atoms with Gasteiger partial charge in [-0.15, -0.1) is 0 Å². The Bertz CT molecular complexity index is 1100. The molecule has 1 unspecified atom stereocenters. The van der Waals surface area contributed by atoms with Crippen molar-refractivity contribution in [1.29, 1.82) is 0 Å². The van der Waals surface area contributed by atoms with E-state index in [-0.39, 0.29) is 17.3 Å². The fraction of sp³-hybridized carbons (Fsp3) is 0.391. The topological polar surface area (TPSA) is 137 Å². The number of nitrogen functional groups attached to an aromatic ring is 1. The van der Waals surface area contributed by atoms with Crippen LogP contribution >= 0.6 is 0 Å². The van der Waals surface area contributed by atoms with Gasteiger partial charge in [0.2, 0.25) is 15.9 Å². The number of sulfonamides is 1. The standard InChI is InChI=1S/C23H31N3O7S/c1-23(2,3)33-22(28)18(14-21(27)26(4)31-5)25-34(29,30)20-12-11-17(24)13-19(20)32-15-16-9-7-6-8-10-16/h6-13,18,25H,14-15,24H2,1-5H3. The fourth-order valence-electron chi connectivity index (χ4n) is 2.80. The number of nitrogens with zero attached hydrogens (tertiary/aromatic N) is 1. The van der Waals surface area contributed by atoms with Crippen LogP contribution in [0.25, 0.3) is 0 Å². The lowest BCUT2D eigenvalue weighted by Crippen LogP contribution is -2.46. The second-order valence-corrected chi connectivity index (χ2v) is 10.1. The zero-order chi connectivity index (χ0) is 25.5. The zero-order valence-electron chi connectivity index (χ0n) is 19.9. The predicted octanol–water partition coefficient (Wildman–Crippen LogP) is 2.25. The van der Waals surface area contributed by atoms with Crippen molar-refractivity contribution in [2.24, 2.45) is 0 Å². The summed E-state index contributed by atoms with van der Waals surface area (Å²) in [5, 5.41) is 0.892. The predicted molar refractivity (Wildman–Crippen MR) is 126 cm³/mol. The van der Waals surface area contributed by atoms with Crippen molar-refractivity contribution in [3.05, 3.63) is 54.1 Å². The molecule has 10 nitrogen and oxygen atoms in total. The molecule has 0 radical (unpaired) electrons. The van der Waals surface area contributed by atoms with Gasteiger partial charge in [-0.1, -0.05) is 30.3 Å². The van der Waals surface area contributed by atoms with Crippen molar-refractivity contribution in [1.82, 2.24) is 9.79 Å². The van der Waals surface area contributed by atoms with Crippen LogP contribution in [0.2, 0.25) is 0 Å². The summed E-state index contributed by atoms with van der Waals surface area (Å²) < 4.78 is 39.9. The van der Waals surface area contributed by atoms with Crippen molar-refractivity contribution in [3.8, 4) is 5.75 Å². The molecule has 186 valence electrons. The van der Waals surface area contributed by atoms with E-state index in [1.807, 2.05) is 30.3 Å². The van der Waals surface area contributed by atoms with Crippen LogP contribution in [-0.2, 0) is 35.8 Å². The number of carbonyl (C=O) groups is 2. The highest BCUT2D eigenvalue weighted by molar-refractivity contribution is 7.89. The van der Waals surface area contributed by atoms with Gasteiger partial charge < -0.3 is 15.2 Å². The van der Waals surface area contributed by atoms with Crippen LogP contribution in [-0.4, -0.2) is 51.2 Å². The van der Waals surface area contributed by atoms with E-state index >= 15 is 0 Å². The highest BCUT2D eigenvalue weighted by Crippen LogP contribution is 2.28. The number of hydrogen-bond donors (Lipinski definition) is 2. The molecule has 0 bridgehead atoms. The Labute approximate surface area is 200 Å². The van der Waals surface area contributed by atoms with E-state index in [2.05, 4.69) is 4.72 Å². The molecular formula is C23H31N3O7S. The number of rotatable bonds is 10. The number of benzene rings is 2. The second-order valence-electron chi connectivity index (χ2n) is 8.47. The summed E-state index contributed by atoms with van der Waals surface area (Å²) in [5.41, 5.74) is 6.05. The molecule has 0 heterocycles. The van der Waals surface area contributed by atoms with Crippen molar-refractivity contribution >= 4 is 27.6 Å². The summed E-state index contributed by atoms with van der Waals surface area (Å²) >= 11 is 0. The van der Waals surface area contributed by atoms with E-state index in [1.165, 1.54) is 32.4 Å². The SMILES string of the molecule is CON(C)C(=O)CC(NS(=O)(=O)c1ccc(N)cc1OCc1ccccc1)C(=O)OC(C)(C)C. The molecule has 2 aromatic rings. The van der Waals surface area contributed by atoms with E-state index in [0.717, 1.165) is 10.6 Å². The lowest BCUT2D eigenvalue weighted by atomic mass is 10.1. The molecule has 0 spiro atoms. The maximum Gasteiger partial charge on any atom is 0.325 e. The Hall–Kier alpha value is -3.15. The normalized spacial score (nSPS) is 12.6. The molecule has 0 saturated heterocycles. The summed E-state index contributed by atoms with van der Waals surface area (Å²) in [6.45, 7) is 5.00. The Morgan fingerprint density at radius 2 is 1.76 bits per heavy atom. The van der Waals surface area contributed by atoms with Crippen LogP contribution in [0.3, 0.4) is 0 Å². The van der Waals surface area contributed by atoms with E-state index in [4.69, 9.17) is 20.0 Å². The van der Waals surface area contributed by atoms with E-state index < -0.39 is 40.0 Å². The van der Waals surface area contributed by atoms with Crippen LogP contribution in [0.1, 0.15) is 32.8 Å². The molecule has 2 aromatic carbocycles. The third kappa shape index (κ3) is 8.01. The van der Waals surface area contributed by atoms with Gasteiger partial charge in [0.05, 0.1) is 13.5 Å². The maximum atomic E-state index is 13.3. The number of hydroxylamine groups is 2. The van der Waals surface area contributed by atoms with Crippen LogP contribution in [0.5, 0.6) is 5.75 Å². The van der Waals surface area contributed by atoms with Crippen LogP contribution in [0.4, 0.5) is 5.69 Å². The molecule has 0 aliphatic rings. The Morgan fingerprint density at radius 3 is 2.35 bits per heavy atom. The van der Waals surface area contributed by atoms with E-state index in [9.17, 15) is 18.0 Å². The summed E-state index contributed by atoms with van der Waals surface area (Å²) in [6, 6.07) is 11.7. The number of hydrogen-bond acceptors (Lipinski definition) is 8. The smallest absolute Gasteiger partial charge is 0.325 e. The van der Waals surface area contributed by atoms with Crippen molar-refractivity contribution in [3.63, 3.8) is 0 Å². The second kappa shape index (κ2) is 11.3. The molecule has 1 atom stereocenters. The minimum absolute atomic E-state index is 0.000345. The van der Waals surface area contributed by atoms with Crippen molar-refractivity contribution in [2.45, 2.75) is 50.3 Å². The zero-order valence-corrected chi connectivity index (χ0v) is 20.7. The molecule has 11 heteroatoms. The minimum atomic E-state index is -4.33. The Balaban J connectivity index is 2.34. The van der Waals surface area contributed by atoms with Gasteiger partial charge in [-0.2, -0.15) is 4.72 Å². The largest absolute Gasteiger partial charge is 0.487 e. The Kier molecular flexibility index (Phi) is 9.02. The number of ether oxygens (including phenoxy) is 2. The first-order chi connectivity index (χ1) is 15.8. The first-order valence-corrected chi connectivity index (χ1v) is 11.9. The first-order valence-electron chi connectivity index (χ1n) is 10.4. The number of nitrogens with one attached hydrogen (secondary N) is 1. The van der Waals surface area contributed by atoms with E-state index in [1.54, 1.807) is 20.8 Å². The van der Waals surface area contributed by atoms with Gasteiger partial charge in [0.25, 0.3) is 0 Å². The molecule has 3 N–H and O–H groups in total. The third-order valence-corrected chi connectivity index (χ3v) is 6.00. The lowest BCUT2D eigenvalue weighted by Gasteiger charge is -2.25. The van der Waals surface area contributed by atoms with Gasteiger partial charge in [0.15, 0.2) is 0 Å². The van der Waals surface area contributed by atoms with E-state index in [0.29, 0.717) is 5.69 Å². The first kappa shape index (κ1) is 27.1. The number of nitrogens with two attached hydrogens (primary N) is 1. The number of anilines is 1. The Morgan fingerprint density at radius 1 is 1.12 bits per heavy atom. The molecule has 0 saturated carbocycles. The van der Waals surface area contributed by atoms with Crippen LogP contribution in [0.15, 0.2) is 53.4 Å². The number of esters is 1. The fourth-order valence-corrected chi connectivity index (χ4v) is 4.11. The highest BCUT2D eigenvalue weighted by Gasteiger charge is 2.33. The summed E-state index contributed by atoms with van der Waals surface area (Å²) in [6.07, 6.45) is -0.520. The lowest BCUT2D eigenvalue weighted by molar-refractivity contribution is -0.172. The van der Waals surface area contributed by atoms with Gasteiger partial charge in [-0.05, 0) is 38.5 Å². The van der Waals surface area contributed by atoms with Gasteiger partial charge in [-0.25, -0.2) is 13.5 Å². The van der Waals surface area contributed by atoms with Gasteiger partial charge >= 0.3 is 5.97 Å². The molecule has 0 aliphatic carbocycles. The van der Waals surface area contributed by atoms with Crippen LogP contribution < -0.4 is 15.2 Å². The quantitative estimate of drug-likeness (QED) is 0.292. The molecular weight excluding hydrogens is 462 g/mol. The molecule has 34 heavy (non-hydrogen) atoms. The summed E-state index contributed by atoms with van der Waals surface area (Å²) in [4.78, 5) is 29.7. The minimum Gasteiger partial charge on any atom is -0.487 e. The van der Waals surface area contributed by atoms with Gasteiger partial charge in [0, 0.05) is 18.8 Å². The number of amides is 1. The summed E-state index contributed by atoms with van der Waals surface area (Å²) in [7, 11) is -1.71. The molecule has 0 fully saturated rings. The maximum absolute atomic E-state index is 13.3. The molecule has 0 aliphatic heterocycles. The molecule has 1 amide bonds. The average Bonchev–Trinajstić information content (AvgIpc) is 2.75. The van der Waals surface area contributed by atoms with Crippen LogP contribution in [0, 0.1) is 0 Å². The highest BCUT2D eigenvalue weighted by atomic mass is 32.2. The molecule has 2 rings (SSSR count). The van der Waals surface area contributed by atoms with Crippen molar-refractivity contribution in [2.75, 3.05) is 19.9 Å². The average molecular weight is 494 g/mol. The van der Waals surface area contributed by atoms with Gasteiger partial charge in [0.1, 0.15) is 28.9 Å². The summed E-state index contributed by atoms with van der Waals surface area (Å²) in [5.74, 6) is -1.53. The third-order valence-electron chi connectivity index (χ3n) is 4.49. The monoisotopic (exact) mass is 493 g/mol.